The molecule has 1 heterocycles. The van der Waals surface area contributed by atoms with E-state index in [1.165, 1.54) is 31.5 Å². The fourth-order valence-electron chi connectivity index (χ4n) is 3.32. The molecule has 1 aromatic carbocycles. The zero-order chi connectivity index (χ0) is 18.1. The molecular formula is C19H32FN5. The Morgan fingerprint density at radius 3 is 2.76 bits per heavy atom. The van der Waals surface area contributed by atoms with E-state index >= 15 is 0 Å². The Kier molecular flexibility index (Phi) is 8.15. The van der Waals surface area contributed by atoms with Gasteiger partial charge in [0.05, 0.1) is 0 Å². The normalized spacial score (nSPS) is 18.8. The van der Waals surface area contributed by atoms with Crippen LogP contribution < -0.4 is 10.6 Å². The summed E-state index contributed by atoms with van der Waals surface area (Å²) in [7, 11) is 3.88. The van der Waals surface area contributed by atoms with Crippen molar-refractivity contribution in [2.24, 2.45) is 4.99 Å². The number of halogens is 1. The van der Waals surface area contributed by atoms with Crippen LogP contribution in [0.2, 0.25) is 0 Å². The molecule has 140 valence electrons. The van der Waals surface area contributed by atoms with E-state index in [0.717, 1.165) is 44.2 Å². The first kappa shape index (κ1) is 19.7. The van der Waals surface area contributed by atoms with Crippen molar-refractivity contribution in [3.8, 4) is 0 Å². The van der Waals surface area contributed by atoms with Crippen LogP contribution >= 0.6 is 0 Å². The quantitative estimate of drug-likeness (QED) is 0.556. The van der Waals surface area contributed by atoms with Gasteiger partial charge in [-0.2, -0.15) is 0 Å². The molecule has 1 aromatic rings. The Morgan fingerprint density at radius 1 is 1.32 bits per heavy atom. The molecule has 0 aromatic heterocycles. The van der Waals surface area contributed by atoms with Crippen molar-refractivity contribution in [2.75, 3.05) is 46.8 Å². The van der Waals surface area contributed by atoms with E-state index in [-0.39, 0.29) is 5.82 Å². The lowest BCUT2D eigenvalue weighted by Crippen LogP contribution is -2.46. The number of benzene rings is 1. The average Bonchev–Trinajstić information content (AvgIpc) is 3.07. The predicted octanol–water partition coefficient (Wildman–Crippen LogP) is 1.91. The Hall–Kier alpha value is -1.66. The van der Waals surface area contributed by atoms with E-state index < -0.39 is 0 Å². The van der Waals surface area contributed by atoms with Gasteiger partial charge in [0.15, 0.2) is 5.96 Å². The van der Waals surface area contributed by atoms with E-state index in [0.29, 0.717) is 6.04 Å². The molecular weight excluding hydrogens is 317 g/mol. The van der Waals surface area contributed by atoms with Crippen LogP contribution in [0.3, 0.4) is 0 Å². The fourth-order valence-corrected chi connectivity index (χ4v) is 3.32. The number of nitrogens with zero attached hydrogens (tertiary/aromatic N) is 3. The molecule has 1 saturated heterocycles. The lowest BCUT2D eigenvalue weighted by Gasteiger charge is -2.24. The molecule has 0 bridgehead atoms. The summed E-state index contributed by atoms with van der Waals surface area (Å²) in [5, 5.41) is 6.81. The number of nitrogens with one attached hydrogen (secondary N) is 2. The first-order valence-electron chi connectivity index (χ1n) is 9.24. The third kappa shape index (κ3) is 6.63. The van der Waals surface area contributed by atoms with Crippen molar-refractivity contribution in [1.82, 2.24) is 20.4 Å². The van der Waals surface area contributed by atoms with Crippen molar-refractivity contribution in [1.29, 1.82) is 0 Å². The molecule has 1 atom stereocenters. The first-order chi connectivity index (χ1) is 12.1. The van der Waals surface area contributed by atoms with Crippen LogP contribution in [0.25, 0.3) is 0 Å². The molecule has 1 unspecified atom stereocenters. The van der Waals surface area contributed by atoms with Crippen LogP contribution in [0, 0.1) is 5.82 Å². The van der Waals surface area contributed by atoms with Gasteiger partial charge in [-0.3, -0.25) is 9.89 Å². The lowest BCUT2D eigenvalue weighted by molar-refractivity contribution is 0.266. The second-order valence-electron chi connectivity index (χ2n) is 6.67. The van der Waals surface area contributed by atoms with Crippen LogP contribution in [-0.2, 0) is 6.54 Å². The van der Waals surface area contributed by atoms with Gasteiger partial charge < -0.3 is 15.5 Å². The standard InChI is InChI=1S/C19H32FN5/c1-4-25-12-5-6-18(25)14-23-19(21-2)22-11-13-24(3)15-16-7-9-17(20)10-8-16/h7-10,18H,4-6,11-15H2,1-3H3,(H2,21,22,23). The van der Waals surface area contributed by atoms with Crippen molar-refractivity contribution in [2.45, 2.75) is 32.4 Å². The summed E-state index contributed by atoms with van der Waals surface area (Å²) in [5.41, 5.74) is 1.12. The maximum atomic E-state index is 12.9. The summed E-state index contributed by atoms with van der Waals surface area (Å²) in [6.07, 6.45) is 2.55. The second kappa shape index (κ2) is 10.4. The molecule has 6 heteroatoms. The van der Waals surface area contributed by atoms with Crippen LogP contribution in [0.5, 0.6) is 0 Å². The number of likely N-dealkylation sites (tertiary alicyclic amines) is 1. The van der Waals surface area contributed by atoms with Gasteiger partial charge in [-0.25, -0.2) is 4.39 Å². The van der Waals surface area contributed by atoms with Crippen molar-refractivity contribution >= 4 is 5.96 Å². The zero-order valence-corrected chi connectivity index (χ0v) is 15.8. The zero-order valence-electron chi connectivity index (χ0n) is 15.8. The highest BCUT2D eigenvalue weighted by molar-refractivity contribution is 5.79. The van der Waals surface area contributed by atoms with Gasteiger partial charge in [0.1, 0.15) is 5.82 Å². The van der Waals surface area contributed by atoms with Gasteiger partial charge >= 0.3 is 0 Å². The van der Waals surface area contributed by atoms with E-state index in [1.807, 2.05) is 19.2 Å². The van der Waals surface area contributed by atoms with E-state index in [2.05, 4.69) is 39.4 Å². The molecule has 1 aliphatic heterocycles. The van der Waals surface area contributed by atoms with Crippen molar-refractivity contribution < 1.29 is 4.39 Å². The number of aliphatic imine (C=N–C) groups is 1. The van der Waals surface area contributed by atoms with Crippen molar-refractivity contribution in [3.05, 3.63) is 35.6 Å². The number of rotatable bonds is 8. The Bertz CT molecular complexity index is 531. The van der Waals surface area contributed by atoms with Gasteiger partial charge in [-0.05, 0) is 50.7 Å². The highest BCUT2D eigenvalue weighted by Crippen LogP contribution is 2.15. The molecule has 5 nitrogen and oxygen atoms in total. The average molecular weight is 349 g/mol. The first-order valence-corrected chi connectivity index (χ1v) is 9.24. The molecule has 1 fully saturated rings. The van der Waals surface area contributed by atoms with Gasteiger partial charge in [0.25, 0.3) is 0 Å². The third-order valence-corrected chi connectivity index (χ3v) is 4.79. The van der Waals surface area contributed by atoms with Gasteiger partial charge in [-0.1, -0.05) is 19.1 Å². The largest absolute Gasteiger partial charge is 0.355 e. The second-order valence-corrected chi connectivity index (χ2v) is 6.67. The number of likely N-dealkylation sites (N-methyl/N-ethyl adjacent to an activating group) is 2. The van der Waals surface area contributed by atoms with E-state index in [9.17, 15) is 4.39 Å². The molecule has 2 N–H and O–H groups in total. The lowest BCUT2D eigenvalue weighted by atomic mass is 10.2. The van der Waals surface area contributed by atoms with Crippen molar-refractivity contribution in [3.63, 3.8) is 0 Å². The Morgan fingerprint density at radius 2 is 2.08 bits per heavy atom. The fraction of sp³-hybridized carbons (Fsp3) is 0.632. The van der Waals surface area contributed by atoms with E-state index in [1.54, 1.807) is 0 Å². The molecule has 1 aliphatic rings. The molecule has 0 spiro atoms. The number of guanidine groups is 1. The van der Waals surface area contributed by atoms with Crippen LogP contribution in [0.1, 0.15) is 25.3 Å². The minimum atomic E-state index is -0.188. The molecule has 0 amide bonds. The monoisotopic (exact) mass is 349 g/mol. The summed E-state index contributed by atoms with van der Waals surface area (Å²) < 4.78 is 12.9. The maximum absolute atomic E-state index is 12.9. The summed E-state index contributed by atoms with van der Waals surface area (Å²) in [6, 6.07) is 7.30. The predicted molar refractivity (Wildman–Crippen MR) is 102 cm³/mol. The highest BCUT2D eigenvalue weighted by Gasteiger charge is 2.22. The van der Waals surface area contributed by atoms with Gasteiger partial charge in [0, 0.05) is 39.3 Å². The van der Waals surface area contributed by atoms with Crippen LogP contribution in [-0.4, -0.2) is 68.6 Å². The van der Waals surface area contributed by atoms with Gasteiger partial charge in [-0.15, -0.1) is 0 Å². The smallest absolute Gasteiger partial charge is 0.191 e. The number of hydrogen-bond donors (Lipinski definition) is 2. The number of hydrogen-bond acceptors (Lipinski definition) is 3. The van der Waals surface area contributed by atoms with Gasteiger partial charge in [0.2, 0.25) is 0 Å². The van der Waals surface area contributed by atoms with Crippen LogP contribution in [0.4, 0.5) is 4.39 Å². The topological polar surface area (TPSA) is 42.9 Å². The summed E-state index contributed by atoms with van der Waals surface area (Å²) in [6.45, 7) is 8.01. The van der Waals surface area contributed by atoms with E-state index in [4.69, 9.17) is 0 Å². The minimum Gasteiger partial charge on any atom is -0.355 e. The molecule has 0 radical (unpaired) electrons. The summed E-state index contributed by atoms with van der Waals surface area (Å²) in [5.74, 6) is 0.671. The Labute approximate surface area is 151 Å². The molecule has 25 heavy (non-hydrogen) atoms. The maximum Gasteiger partial charge on any atom is 0.191 e. The minimum absolute atomic E-state index is 0.188. The Balaban J connectivity index is 1.65. The van der Waals surface area contributed by atoms with Crippen LogP contribution in [0.15, 0.2) is 29.3 Å². The summed E-state index contributed by atoms with van der Waals surface area (Å²) in [4.78, 5) is 9.04. The summed E-state index contributed by atoms with van der Waals surface area (Å²) >= 11 is 0. The molecule has 0 saturated carbocycles. The SMILES string of the molecule is CCN1CCCC1CNC(=NC)NCCN(C)Cc1ccc(F)cc1. The highest BCUT2D eigenvalue weighted by atomic mass is 19.1. The third-order valence-electron chi connectivity index (χ3n) is 4.79. The molecule has 0 aliphatic carbocycles. The molecule has 2 rings (SSSR count).